The molecule has 1 unspecified atom stereocenters. The summed E-state index contributed by atoms with van der Waals surface area (Å²) in [7, 11) is 0. The van der Waals surface area contributed by atoms with Gasteiger partial charge in [-0.25, -0.2) is 0 Å². The second-order valence-corrected chi connectivity index (χ2v) is 6.64. The number of carbonyl (C=O) groups excluding carboxylic acids is 1. The third kappa shape index (κ3) is 5.16. The Morgan fingerprint density at radius 1 is 1.21 bits per heavy atom. The van der Waals surface area contributed by atoms with E-state index in [1.54, 1.807) is 35.2 Å². The minimum absolute atomic E-state index is 0.0622. The van der Waals surface area contributed by atoms with Crippen LogP contribution < -0.4 is 10.1 Å². The molecule has 0 saturated carbocycles. The summed E-state index contributed by atoms with van der Waals surface area (Å²) in [5.41, 5.74) is 0.431. The van der Waals surface area contributed by atoms with E-state index in [0.717, 1.165) is 17.7 Å². The van der Waals surface area contributed by atoms with Gasteiger partial charge in [0.05, 0.1) is 12.2 Å². The van der Waals surface area contributed by atoms with E-state index in [9.17, 15) is 18.0 Å². The lowest BCUT2D eigenvalue weighted by molar-refractivity contribution is -0.137. The van der Waals surface area contributed by atoms with Gasteiger partial charge in [-0.15, -0.1) is 0 Å². The summed E-state index contributed by atoms with van der Waals surface area (Å²) in [6.45, 7) is 0.742. The minimum atomic E-state index is -4.39. The highest BCUT2D eigenvalue weighted by molar-refractivity contribution is 5.78. The van der Waals surface area contributed by atoms with Crippen molar-refractivity contribution in [1.29, 1.82) is 0 Å². The number of halogens is 3. The van der Waals surface area contributed by atoms with E-state index in [1.165, 1.54) is 6.07 Å². The molecule has 150 valence electrons. The summed E-state index contributed by atoms with van der Waals surface area (Å²) in [5.74, 6) is 0.350. The molecule has 1 aliphatic rings. The largest absolute Gasteiger partial charge is 0.484 e. The molecular formula is C20H21F3N2O3. The Hall–Kier alpha value is -2.74. The van der Waals surface area contributed by atoms with Gasteiger partial charge in [-0.3, -0.25) is 4.79 Å². The number of anilines is 1. The molecule has 0 aromatic heterocycles. The van der Waals surface area contributed by atoms with Crippen LogP contribution in [0, 0.1) is 0 Å². The fraction of sp³-hybridized carbons (Fsp3) is 0.350. The van der Waals surface area contributed by atoms with Gasteiger partial charge in [-0.2, -0.15) is 13.2 Å². The molecule has 1 amide bonds. The van der Waals surface area contributed by atoms with Crippen molar-refractivity contribution in [1.82, 2.24) is 4.90 Å². The molecular weight excluding hydrogens is 373 g/mol. The van der Waals surface area contributed by atoms with Crippen molar-refractivity contribution in [3.05, 3.63) is 59.7 Å². The Labute approximate surface area is 160 Å². The van der Waals surface area contributed by atoms with Crippen LogP contribution in [0.25, 0.3) is 0 Å². The van der Waals surface area contributed by atoms with Gasteiger partial charge in [0, 0.05) is 24.8 Å². The van der Waals surface area contributed by atoms with Gasteiger partial charge in [0.25, 0.3) is 5.91 Å². The zero-order chi connectivity index (χ0) is 20.1. The molecule has 2 aromatic rings. The first-order chi connectivity index (χ1) is 13.3. The lowest BCUT2D eigenvalue weighted by Crippen LogP contribution is -2.35. The number of aliphatic hydroxyl groups is 1. The first-order valence-electron chi connectivity index (χ1n) is 8.89. The molecule has 0 aliphatic carbocycles. The molecule has 1 fully saturated rings. The van der Waals surface area contributed by atoms with Gasteiger partial charge in [0.15, 0.2) is 6.61 Å². The maximum absolute atomic E-state index is 12.8. The van der Waals surface area contributed by atoms with Gasteiger partial charge in [-0.05, 0) is 42.3 Å². The van der Waals surface area contributed by atoms with E-state index in [4.69, 9.17) is 9.84 Å². The number of likely N-dealkylation sites (tertiary alicyclic amines) is 1. The van der Waals surface area contributed by atoms with Gasteiger partial charge >= 0.3 is 6.18 Å². The normalized spacial score (nSPS) is 16.9. The number of alkyl halides is 3. The average Bonchev–Trinajstić information content (AvgIpc) is 3.14. The monoisotopic (exact) mass is 394 g/mol. The summed E-state index contributed by atoms with van der Waals surface area (Å²) >= 11 is 0. The SMILES string of the molecule is O=C(COc1ccc(CO)cc1)N1CCC(Nc2cccc(C(F)(F)F)c2)C1. The maximum Gasteiger partial charge on any atom is 0.416 e. The Kier molecular flexibility index (Phi) is 6.08. The van der Waals surface area contributed by atoms with Gasteiger partial charge in [0.2, 0.25) is 0 Å². The number of rotatable bonds is 6. The number of aliphatic hydroxyl groups excluding tert-OH is 1. The molecule has 0 spiro atoms. The van der Waals surface area contributed by atoms with Crippen LogP contribution in [0.4, 0.5) is 18.9 Å². The van der Waals surface area contributed by atoms with Crippen molar-refractivity contribution >= 4 is 11.6 Å². The number of nitrogens with zero attached hydrogens (tertiary/aromatic N) is 1. The Bertz CT molecular complexity index is 809. The topological polar surface area (TPSA) is 61.8 Å². The second-order valence-electron chi connectivity index (χ2n) is 6.64. The molecule has 1 heterocycles. The average molecular weight is 394 g/mol. The van der Waals surface area contributed by atoms with Crippen LogP contribution in [-0.2, 0) is 17.6 Å². The fourth-order valence-corrected chi connectivity index (χ4v) is 3.05. The molecule has 5 nitrogen and oxygen atoms in total. The molecule has 1 saturated heterocycles. The molecule has 28 heavy (non-hydrogen) atoms. The quantitative estimate of drug-likeness (QED) is 0.789. The molecule has 2 aromatic carbocycles. The first-order valence-corrected chi connectivity index (χ1v) is 8.89. The highest BCUT2D eigenvalue weighted by Crippen LogP contribution is 2.31. The molecule has 1 atom stereocenters. The standard InChI is InChI=1S/C20H21F3N2O3/c21-20(22,23)15-2-1-3-16(10-15)24-17-8-9-25(11-17)19(27)13-28-18-6-4-14(12-26)5-7-18/h1-7,10,17,24,26H,8-9,11-13H2. The second kappa shape index (κ2) is 8.52. The number of ether oxygens (including phenoxy) is 1. The van der Waals surface area contributed by atoms with E-state index in [0.29, 0.717) is 30.9 Å². The number of nitrogens with one attached hydrogen (secondary N) is 1. The van der Waals surface area contributed by atoms with Crippen LogP contribution in [0.5, 0.6) is 5.75 Å². The highest BCUT2D eigenvalue weighted by atomic mass is 19.4. The predicted molar refractivity (Wildman–Crippen MR) is 97.9 cm³/mol. The summed E-state index contributed by atoms with van der Waals surface area (Å²) in [6, 6.07) is 11.7. The van der Waals surface area contributed by atoms with Crippen LogP contribution in [0.1, 0.15) is 17.5 Å². The lowest BCUT2D eigenvalue weighted by atomic mass is 10.1. The molecule has 0 bridgehead atoms. The smallest absolute Gasteiger partial charge is 0.416 e. The van der Waals surface area contributed by atoms with Crippen molar-refractivity contribution < 1.29 is 27.8 Å². The van der Waals surface area contributed by atoms with E-state index < -0.39 is 11.7 Å². The molecule has 8 heteroatoms. The summed E-state index contributed by atoms with van der Waals surface area (Å²) < 4.78 is 43.9. The number of hydrogen-bond acceptors (Lipinski definition) is 4. The summed E-state index contributed by atoms with van der Waals surface area (Å²) in [6.07, 6.45) is -3.74. The number of hydrogen-bond donors (Lipinski definition) is 2. The lowest BCUT2D eigenvalue weighted by Gasteiger charge is -2.18. The molecule has 1 aliphatic heterocycles. The van der Waals surface area contributed by atoms with Crippen LogP contribution in [0.3, 0.4) is 0 Å². The van der Waals surface area contributed by atoms with E-state index in [1.807, 2.05) is 0 Å². The van der Waals surface area contributed by atoms with Crippen molar-refractivity contribution in [3.63, 3.8) is 0 Å². The molecule has 0 radical (unpaired) electrons. The van der Waals surface area contributed by atoms with Gasteiger partial charge < -0.3 is 20.1 Å². The zero-order valence-electron chi connectivity index (χ0n) is 15.1. The van der Waals surface area contributed by atoms with Crippen molar-refractivity contribution in [2.24, 2.45) is 0 Å². The van der Waals surface area contributed by atoms with Crippen molar-refractivity contribution in [2.45, 2.75) is 25.2 Å². The van der Waals surface area contributed by atoms with Crippen LogP contribution in [0.2, 0.25) is 0 Å². The molecule has 2 N–H and O–H groups in total. The van der Waals surface area contributed by atoms with Gasteiger partial charge in [0.1, 0.15) is 5.75 Å². The van der Waals surface area contributed by atoms with E-state index in [2.05, 4.69) is 5.32 Å². The van der Waals surface area contributed by atoms with Crippen LogP contribution >= 0.6 is 0 Å². The third-order valence-electron chi connectivity index (χ3n) is 4.57. The van der Waals surface area contributed by atoms with Gasteiger partial charge in [-0.1, -0.05) is 18.2 Å². The minimum Gasteiger partial charge on any atom is -0.484 e. The third-order valence-corrected chi connectivity index (χ3v) is 4.57. The highest BCUT2D eigenvalue weighted by Gasteiger charge is 2.31. The van der Waals surface area contributed by atoms with Crippen LogP contribution in [-0.4, -0.2) is 41.7 Å². The number of carbonyl (C=O) groups is 1. The van der Waals surface area contributed by atoms with Crippen molar-refractivity contribution in [2.75, 3.05) is 25.0 Å². The Balaban J connectivity index is 1.50. The number of amides is 1. The predicted octanol–water partition coefficient (Wildman–Crippen LogP) is 3.29. The Morgan fingerprint density at radius 2 is 1.96 bits per heavy atom. The number of benzene rings is 2. The maximum atomic E-state index is 12.8. The summed E-state index contributed by atoms with van der Waals surface area (Å²) in [5, 5.41) is 12.1. The Morgan fingerprint density at radius 3 is 2.64 bits per heavy atom. The zero-order valence-corrected chi connectivity index (χ0v) is 15.1. The van der Waals surface area contributed by atoms with E-state index in [-0.39, 0.29) is 25.2 Å². The molecule has 3 rings (SSSR count). The summed E-state index contributed by atoms with van der Waals surface area (Å²) in [4.78, 5) is 13.9. The van der Waals surface area contributed by atoms with E-state index >= 15 is 0 Å². The fourth-order valence-electron chi connectivity index (χ4n) is 3.05. The van der Waals surface area contributed by atoms with Crippen molar-refractivity contribution in [3.8, 4) is 5.75 Å². The van der Waals surface area contributed by atoms with Crippen LogP contribution in [0.15, 0.2) is 48.5 Å². The first kappa shape index (κ1) is 20.0.